The molecule has 0 N–H and O–H groups in total. The van der Waals surface area contributed by atoms with Crippen molar-refractivity contribution in [1.82, 2.24) is 4.98 Å². The number of carbonyl (C=O) groups is 1. The summed E-state index contributed by atoms with van der Waals surface area (Å²) in [6, 6.07) is 40.3. The van der Waals surface area contributed by atoms with Gasteiger partial charge in [0, 0.05) is 11.6 Å². The third-order valence-electron chi connectivity index (χ3n) is 8.26. The maximum Gasteiger partial charge on any atom is 0.214 e. The Morgan fingerprint density at radius 1 is 0.633 bits per heavy atom. The molecule has 0 aliphatic carbocycles. The Bertz CT molecular complexity index is 1690. The molecule has 8 heteroatoms. The van der Waals surface area contributed by atoms with Crippen LogP contribution in [0.25, 0.3) is 0 Å². The van der Waals surface area contributed by atoms with Crippen LogP contribution in [-0.4, -0.2) is 47.9 Å². The lowest BCUT2D eigenvalue weighted by Gasteiger charge is -2.46. The molecular weight excluding hydrogens is 635 g/mol. The molecule has 5 aromatic rings. The van der Waals surface area contributed by atoms with Crippen molar-refractivity contribution in [2.45, 2.75) is 63.4 Å². The van der Waals surface area contributed by atoms with Crippen molar-refractivity contribution in [2.75, 3.05) is 6.61 Å². The van der Waals surface area contributed by atoms with Gasteiger partial charge in [0.1, 0.15) is 24.4 Å². The molecule has 4 aromatic carbocycles. The number of ether oxygens (including phenoxy) is 5. The molecule has 252 valence electrons. The minimum absolute atomic E-state index is 0.142. The van der Waals surface area contributed by atoms with Crippen molar-refractivity contribution < 1.29 is 28.5 Å². The van der Waals surface area contributed by atoms with Gasteiger partial charge in [0.25, 0.3) is 0 Å². The molecule has 1 aliphatic heterocycles. The Morgan fingerprint density at radius 2 is 1.10 bits per heavy atom. The predicted octanol–water partition coefficient (Wildman–Crippen LogP) is 8.01. The molecule has 0 spiro atoms. The number of ketones is 1. The molecule has 49 heavy (non-hydrogen) atoms. The van der Waals surface area contributed by atoms with Crippen LogP contribution in [0, 0.1) is 0 Å². The van der Waals surface area contributed by atoms with Crippen LogP contribution in [-0.2, 0) is 50.1 Å². The summed E-state index contributed by atoms with van der Waals surface area (Å²) in [5.74, 6) is -0.142. The first kappa shape index (κ1) is 34.6. The lowest BCUT2D eigenvalue weighted by molar-refractivity contribution is -0.271. The van der Waals surface area contributed by atoms with Gasteiger partial charge in [-0.1, -0.05) is 127 Å². The van der Waals surface area contributed by atoms with Crippen molar-refractivity contribution in [2.24, 2.45) is 0 Å². The zero-order valence-corrected chi connectivity index (χ0v) is 28.1. The number of carbonyl (C=O) groups excluding carboxylic acids is 1. The van der Waals surface area contributed by atoms with E-state index >= 15 is 0 Å². The fourth-order valence-corrected chi connectivity index (χ4v) is 6.36. The van der Waals surface area contributed by atoms with Gasteiger partial charge >= 0.3 is 0 Å². The number of allylic oxidation sites excluding steroid dienone is 1. The summed E-state index contributed by atoms with van der Waals surface area (Å²) in [6.07, 6.45) is 2.98. The Hall–Kier alpha value is -4.28. The van der Waals surface area contributed by atoms with E-state index in [-0.39, 0.29) is 12.4 Å². The highest BCUT2D eigenvalue weighted by Crippen LogP contribution is 2.32. The van der Waals surface area contributed by atoms with Gasteiger partial charge in [-0.2, -0.15) is 0 Å². The van der Waals surface area contributed by atoms with Gasteiger partial charge in [-0.05, 0) is 34.8 Å². The van der Waals surface area contributed by atoms with Gasteiger partial charge in [0.2, 0.25) is 5.78 Å². The molecule has 1 aliphatic rings. The molecule has 0 radical (unpaired) electrons. The average Bonchev–Trinajstić information content (AvgIpc) is 3.70. The van der Waals surface area contributed by atoms with E-state index in [1.807, 2.05) is 127 Å². The largest absolute Gasteiger partial charge is 0.374 e. The summed E-state index contributed by atoms with van der Waals surface area (Å²) >= 11 is 1.32. The van der Waals surface area contributed by atoms with Crippen LogP contribution in [0.4, 0.5) is 0 Å². The van der Waals surface area contributed by atoms with Crippen LogP contribution in [0.3, 0.4) is 0 Å². The lowest BCUT2D eigenvalue weighted by atomic mass is 9.92. The van der Waals surface area contributed by atoms with Crippen LogP contribution < -0.4 is 0 Å². The van der Waals surface area contributed by atoms with E-state index in [2.05, 4.69) is 4.98 Å². The number of hydrogen-bond acceptors (Lipinski definition) is 8. The SMILES string of the molecule is O=C(/C=C/C[C@H]1O[C@H](COCc2ccccc2)[C@@H](OCc2ccccc2)[C@H](OCc2ccccc2)[C@@H]1OCc1ccccc1)c1nccs1. The smallest absolute Gasteiger partial charge is 0.214 e. The fourth-order valence-electron chi connectivity index (χ4n) is 5.80. The van der Waals surface area contributed by atoms with Gasteiger partial charge in [0.15, 0.2) is 5.01 Å². The maximum absolute atomic E-state index is 12.8. The fraction of sp³-hybridized carbons (Fsp3) is 0.268. The number of rotatable bonds is 17. The van der Waals surface area contributed by atoms with Gasteiger partial charge < -0.3 is 23.7 Å². The monoisotopic (exact) mass is 675 g/mol. The quantitative estimate of drug-likeness (QED) is 0.0730. The van der Waals surface area contributed by atoms with Crippen molar-refractivity contribution >= 4 is 17.1 Å². The van der Waals surface area contributed by atoms with Gasteiger partial charge in [-0.15, -0.1) is 11.3 Å². The van der Waals surface area contributed by atoms with E-state index in [1.165, 1.54) is 11.3 Å². The molecule has 0 bridgehead atoms. The van der Waals surface area contributed by atoms with Crippen molar-refractivity contribution in [3.8, 4) is 0 Å². The van der Waals surface area contributed by atoms with Crippen molar-refractivity contribution in [1.29, 1.82) is 0 Å². The van der Waals surface area contributed by atoms with Crippen molar-refractivity contribution in [3.05, 3.63) is 172 Å². The van der Waals surface area contributed by atoms with E-state index in [0.717, 1.165) is 22.3 Å². The normalized spacial score (nSPS) is 20.8. The highest BCUT2D eigenvalue weighted by atomic mass is 32.1. The molecule has 2 heterocycles. The summed E-state index contributed by atoms with van der Waals surface area (Å²) in [6.45, 7) is 1.81. The Balaban J connectivity index is 1.29. The molecule has 1 saturated heterocycles. The topological polar surface area (TPSA) is 76.1 Å². The second-order valence-electron chi connectivity index (χ2n) is 11.8. The lowest BCUT2D eigenvalue weighted by Crippen LogP contribution is -2.61. The molecule has 6 rings (SSSR count). The second-order valence-corrected chi connectivity index (χ2v) is 12.7. The van der Waals surface area contributed by atoms with E-state index in [9.17, 15) is 4.79 Å². The third-order valence-corrected chi connectivity index (χ3v) is 9.05. The molecule has 5 atom stereocenters. The van der Waals surface area contributed by atoms with Crippen LogP contribution in [0.5, 0.6) is 0 Å². The minimum Gasteiger partial charge on any atom is -0.374 e. The summed E-state index contributed by atoms with van der Waals surface area (Å²) in [5.41, 5.74) is 4.19. The van der Waals surface area contributed by atoms with Crippen LogP contribution in [0.2, 0.25) is 0 Å². The molecular formula is C41H41NO6S. The highest BCUT2D eigenvalue weighted by molar-refractivity contribution is 7.11. The Kier molecular flexibility index (Phi) is 13.0. The molecule has 7 nitrogen and oxygen atoms in total. The highest BCUT2D eigenvalue weighted by Gasteiger charge is 2.48. The number of thiazole rings is 1. The predicted molar refractivity (Wildman–Crippen MR) is 190 cm³/mol. The van der Waals surface area contributed by atoms with E-state index in [4.69, 9.17) is 23.7 Å². The van der Waals surface area contributed by atoms with E-state index in [1.54, 1.807) is 17.7 Å². The standard InChI is InChI=1S/C41H41NO6S/c43-35(41-42-24-25-49-41)22-13-23-36-38(45-27-32-16-7-2-8-17-32)40(47-29-34-20-11-4-12-21-34)39(46-28-33-18-9-3-10-19-33)37(48-36)30-44-26-31-14-5-1-6-15-31/h1-22,24-25,36-40H,23,26-30H2/b22-13+/t36-,37-,38-,39-,40-/m1/s1. The Labute approximate surface area is 292 Å². The number of benzene rings is 4. The van der Waals surface area contributed by atoms with Gasteiger partial charge in [0.05, 0.1) is 39.1 Å². The molecule has 1 aromatic heterocycles. The summed E-state index contributed by atoms with van der Waals surface area (Å²) in [7, 11) is 0. The van der Waals surface area contributed by atoms with E-state index < -0.39 is 30.5 Å². The molecule has 1 fully saturated rings. The van der Waals surface area contributed by atoms with Crippen LogP contribution in [0.1, 0.15) is 38.5 Å². The summed E-state index contributed by atoms with van der Waals surface area (Å²) < 4.78 is 33.4. The zero-order valence-electron chi connectivity index (χ0n) is 27.3. The average molecular weight is 676 g/mol. The van der Waals surface area contributed by atoms with Gasteiger partial charge in [-0.25, -0.2) is 4.98 Å². The third kappa shape index (κ3) is 10.4. The second kappa shape index (κ2) is 18.5. The number of aromatic nitrogens is 1. The molecule has 0 amide bonds. The van der Waals surface area contributed by atoms with Crippen LogP contribution in [0.15, 0.2) is 145 Å². The number of nitrogens with zero attached hydrogens (tertiary/aromatic N) is 1. The summed E-state index contributed by atoms with van der Waals surface area (Å²) in [5, 5.41) is 2.24. The number of hydrogen-bond donors (Lipinski definition) is 0. The summed E-state index contributed by atoms with van der Waals surface area (Å²) in [4.78, 5) is 17.0. The first-order chi connectivity index (χ1) is 24.2. The first-order valence-electron chi connectivity index (χ1n) is 16.6. The minimum atomic E-state index is -0.519. The van der Waals surface area contributed by atoms with Gasteiger partial charge in [-0.3, -0.25) is 4.79 Å². The molecule has 0 saturated carbocycles. The molecule has 0 unspecified atom stereocenters. The maximum atomic E-state index is 12.8. The Morgan fingerprint density at radius 3 is 1.59 bits per heavy atom. The van der Waals surface area contributed by atoms with Crippen LogP contribution >= 0.6 is 11.3 Å². The van der Waals surface area contributed by atoms with Crippen molar-refractivity contribution in [3.63, 3.8) is 0 Å². The van der Waals surface area contributed by atoms with E-state index in [0.29, 0.717) is 37.9 Å². The first-order valence-corrected chi connectivity index (χ1v) is 17.4. The zero-order chi connectivity index (χ0) is 33.5.